The number of methoxy groups -OCH3 is 1. The molecule has 2 aromatic carbocycles. The Balaban J connectivity index is 1.48. The maximum atomic E-state index is 12.7. The predicted molar refractivity (Wildman–Crippen MR) is 113 cm³/mol. The molecule has 2 aromatic rings. The van der Waals surface area contributed by atoms with Crippen LogP contribution in [0, 0.1) is 0 Å². The summed E-state index contributed by atoms with van der Waals surface area (Å²) in [5, 5.41) is 3.00. The van der Waals surface area contributed by atoms with Crippen molar-refractivity contribution >= 4 is 18.0 Å². The van der Waals surface area contributed by atoms with Gasteiger partial charge < -0.3 is 24.4 Å². The summed E-state index contributed by atoms with van der Waals surface area (Å²) in [4.78, 5) is 38.3. The van der Waals surface area contributed by atoms with E-state index >= 15 is 0 Å². The molecule has 8 nitrogen and oxygen atoms in total. The SMILES string of the molecule is CCOC(=O)Oc1ccc(C(=O)NC2CCN(C(=O)c3ccc(OC)cc3)CC2)cc1. The minimum Gasteiger partial charge on any atom is -0.497 e. The molecule has 0 atom stereocenters. The van der Waals surface area contributed by atoms with Crippen LogP contribution in [0.2, 0.25) is 0 Å². The van der Waals surface area contributed by atoms with Crippen LogP contribution in [0.1, 0.15) is 40.5 Å². The zero-order valence-electron chi connectivity index (χ0n) is 17.6. The number of ether oxygens (including phenoxy) is 3. The van der Waals surface area contributed by atoms with Crippen molar-refractivity contribution in [2.75, 3.05) is 26.8 Å². The van der Waals surface area contributed by atoms with Crippen LogP contribution in [0.3, 0.4) is 0 Å². The second-order valence-corrected chi connectivity index (χ2v) is 7.08. The van der Waals surface area contributed by atoms with Crippen LogP contribution in [0.5, 0.6) is 11.5 Å². The first-order valence-electron chi connectivity index (χ1n) is 10.2. The first-order valence-corrected chi connectivity index (χ1v) is 10.2. The molecule has 2 amide bonds. The fraction of sp³-hybridized carbons (Fsp3) is 0.348. The van der Waals surface area contributed by atoms with Crippen molar-refractivity contribution in [3.63, 3.8) is 0 Å². The molecule has 0 saturated carbocycles. The summed E-state index contributed by atoms with van der Waals surface area (Å²) in [5.41, 5.74) is 1.08. The molecule has 1 saturated heterocycles. The number of likely N-dealkylation sites (tertiary alicyclic amines) is 1. The Morgan fingerprint density at radius 2 is 1.52 bits per heavy atom. The van der Waals surface area contributed by atoms with Crippen LogP contribution < -0.4 is 14.8 Å². The van der Waals surface area contributed by atoms with Gasteiger partial charge in [-0.05, 0) is 68.3 Å². The van der Waals surface area contributed by atoms with Gasteiger partial charge >= 0.3 is 6.16 Å². The molecule has 8 heteroatoms. The van der Waals surface area contributed by atoms with E-state index < -0.39 is 6.16 Å². The molecule has 1 aliphatic rings. The van der Waals surface area contributed by atoms with Crippen LogP contribution >= 0.6 is 0 Å². The van der Waals surface area contributed by atoms with Gasteiger partial charge in [-0.3, -0.25) is 9.59 Å². The lowest BCUT2D eigenvalue weighted by Gasteiger charge is -2.32. The summed E-state index contributed by atoms with van der Waals surface area (Å²) >= 11 is 0. The molecule has 0 unspecified atom stereocenters. The summed E-state index contributed by atoms with van der Waals surface area (Å²) in [7, 11) is 1.58. The van der Waals surface area contributed by atoms with E-state index in [0.29, 0.717) is 48.6 Å². The van der Waals surface area contributed by atoms with Gasteiger partial charge in [0.25, 0.3) is 11.8 Å². The van der Waals surface area contributed by atoms with Crippen molar-refractivity contribution in [1.82, 2.24) is 10.2 Å². The van der Waals surface area contributed by atoms with Crippen LogP contribution in [0.25, 0.3) is 0 Å². The average molecular weight is 426 g/mol. The maximum absolute atomic E-state index is 12.7. The van der Waals surface area contributed by atoms with E-state index in [2.05, 4.69) is 5.32 Å². The molecule has 0 bridgehead atoms. The Bertz CT molecular complexity index is 903. The smallest absolute Gasteiger partial charge is 0.497 e. The minimum atomic E-state index is -0.782. The molecule has 3 rings (SSSR count). The van der Waals surface area contributed by atoms with Gasteiger partial charge in [0.1, 0.15) is 11.5 Å². The molecular weight excluding hydrogens is 400 g/mol. The minimum absolute atomic E-state index is 0.0112. The Hall–Kier alpha value is -3.55. The number of amides is 2. The lowest BCUT2D eigenvalue weighted by molar-refractivity contribution is 0.0698. The second-order valence-electron chi connectivity index (χ2n) is 7.08. The number of piperidine rings is 1. The number of hydrogen-bond acceptors (Lipinski definition) is 6. The molecule has 164 valence electrons. The Kier molecular flexibility index (Phi) is 7.48. The number of nitrogens with one attached hydrogen (secondary N) is 1. The van der Waals surface area contributed by atoms with Crippen LogP contribution in [0.15, 0.2) is 48.5 Å². The van der Waals surface area contributed by atoms with Gasteiger partial charge in [0.05, 0.1) is 13.7 Å². The summed E-state index contributed by atoms with van der Waals surface area (Å²) in [6.45, 7) is 3.06. The zero-order valence-corrected chi connectivity index (χ0v) is 17.6. The van der Waals surface area contributed by atoms with E-state index in [9.17, 15) is 14.4 Å². The summed E-state index contributed by atoms with van der Waals surface area (Å²) in [6.07, 6.45) is 0.575. The fourth-order valence-corrected chi connectivity index (χ4v) is 3.33. The van der Waals surface area contributed by atoms with Crippen molar-refractivity contribution in [2.24, 2.45) is 0 Å². The third kappa shape index (κ3) is 5.97. The second kappa shape index (κ2) is 10.5. The molecule has 1 aliphatic heterocycles. The Morgan fingerprint density at radius 3 is 2.10 bits per heavy atom. The highest BCUT2D eigenvalue weighted by molar-refractivity contribution is 5.95. The van der Waals surface area contributed by atoms with Gasteiger partial charge in [-0.25, -0.2) is 4.79 Å². The Labute approximate surface area is 181 Å². The number of benzene rings is 2. The number of carbonyl (C=O) groups is 3. The van der Waals surface area contributed by atoms with Crippen molar-refractivity contribution in [1.29, 1.82) is 0 Å². The molecule has 0 aliphatic carbocycles. The molecular formula is C23H26N2O6. The molecule has 0 spiro atoms. The first-order chi connectivity index (χ1) is 15.0. The molecule has 1 N–H and O–H groups in total. The van der Waals surface area contributed by atoms with Gasteiger partial charge in [-0.2, -0.15) is 0 Å². The average Bonchev–Trinajstić information content (AvgIpc) is 2.80. The highest BCUT2D eigenvalue weighted by Crippen LogP contribution is 2.18. The predicted octanol–water partition coefficient (Wildman–Crippen LogP) is 3.27. The fourth-order valence-electron chi connectivity index (χ4n) is 3.33. The maximum Gasteiger partial charge on any atom is 0.513 e. The topological polar surface area (TPSA) is 94.2 Å². The highest BCUT2D eigenvalue weighted by Gasteiger charge is 2.25. The van der Waals surface area contributed by atoms with Crippen molar-refractivity contribution < 1.29 is 28.6 Å². The summed E-state index contributed by atoms with van der Waals surface area (Å²) in [6, 6.07) is 13.3. The van der Waals surface area contributed by atoms with Gasteiger partial charge in [0.15, 0.2) is 0 Å². The number of hydrogen-bond donors (Lipinski definition) is 1. The molecule has 1 heterocycles. The first kappa shape index (κ1) is 22.1. The van der Waals surface area contributed by atoms with Gasteiger partial charge in [-0.1, -0.05) is 0 Å². The lowest BCUT2D eigenvalue weighted by Crippen LogP contribution is -2.46. The Morgan fingerprint density at radius 1 is 0.935 bits per heavy atom. The van der Waals surface area contributed by atoms with Gasteiger partial charge in [0.2, 0.25) is 0 Å². The van der Waals surface area contributed by atoms with Crippen LogP contribution in [-0.4, -0.2) is 55.7 Å². The van der Waals surface area contributed by atoms with Crippen LogP contribution in [-0.2, 0) is 4.74 Å². The molecule has 31 heavy (non-hydrogen) atoms. The summed E-state index contributed by atoms with van der Waals surface area (Å²) in [5.74, 6) is 0.783. The van der Waals surface area contributed by atoms with Crippen molar-refractivity contribution in [3.05, 3.63) is 59.7 Å². The number of rotatable bonds is 6. The number of carbonyl (C=O) groups excluding carboxylic acids is 3. The standard InChI is InChI=1S/C23H26N2O6/c1-3-30-23(28)31-20-10-4-16(5-11-20)21(26)24-18-12-14-25(15-13-18)22(27)17-6-8-19(29-2)9-7-17/h4-11,18H,3,12-15H2,1-2H3,(H,24,26). The van der Waals surface area contributed by atoms with E-state index in [1.54, 1.807) is 67.5 Å². The quantitative estimate of drug-likeness (QED) is 0.563. The van der Waals surface area contributed by atoms with E-state index in [1.165, 1.54) is 0 Å². The van der Waals surface area contributed by atoms with E-state index in [4.69, 9.17) is 14.2 Å². The largest absolute Gasteiger partial charge is 0.513 e. The summed E-state index contributed by atoms with van der Waals surface area (Å²) < 4.78 is 14.8. The van der Waals surface area contributed by atoms with Gasteiger partial charge in [0, 0.05) is 30.3 Å². The highest BCUT2D eigenvalue weighted by atomic mass is 16.7. The molecule has 1 fully saturated rings. The third-order valence-electron chi connectivity index (χ3n) is 5.03. The van der Waals surface area contributed by atoms with E-state index in [1.807, 2.05) is 0 Å². The lowest BCUT2D eigenvalue weighted by atomic mass is 10.0. The molecule has 0 radical (unpaired) electrons. The van der Waals surface area contributed by atoms with Crippen molar-refractivity contribution in [3.8, 4) is 11.5 Å². The zero-order chi connectivity index (χ0) is 22.2. The van der Waals surface area contributed by atoms with Crippen LogP contribution in [0.4, 0.5) is 4.79 Å². The van der Waals surface area contributed by atoms with Crippen molar-refractivity contribution in [2.45, 2.75) is 25.8 Å². The monoisotopic (exact) mass is 426 g/mol. The third-order valence-corrected chi connectivity index (χ3v) is 5.03. The van der Waals surface area contributed by atoms with E-state index in [0.717, 1.165) is 0 Å². The number of nitrogens with zero attached hydrogens (tertiary/aromatic N) is 1. The van der Waals surface area contributed by atoms with E-state index in [-0.39, 0.29) is 24.5 Å². The normalized spacial score (nSPS) is 13.9. The molecule has 0 aromatic heterocycles. The van der Waals surface area contributed by atoms with Gasteiger partial charge in [-0.15, -0.1) is 0 Å².